The second-order valence-electron chi connectivity index (χ2n) is 1.84. The molecule has 0 spiro atoms. The third kappa shape index (κ3) is 5.93. The average Bonchev–Trinajstić information content (AvgIpc) is 1.98. The number of thioether (sulfide) groups is 1. The second kappa shape index (κ2) is 6.91. The molecule has 0 aromatic carbocycles. The van der Waals surface area contributed by atoms with Crippen molar-refractivity contribution in [1.29, 1.82) is 5.26 Å². The lowest BCUT2D eigenvalue weighted by atomic mass is 10.5. The van der Waals surface area contributed by atoms with E-state index in [1.54, 1.807) is 11.8 Å². The van der Waals surface area contributed by atoms with Gasteiger partial charge in [0, 0.05) is 12.4 Å². The second-order valence-corrected chi connectivity index (χ2v) is 3.29. The van der Waals surface area contributed by atoms with Crippen LogP contribution >= 0.6 is 11.8 Å². The zero-order valence-electron chi connectivity index (χ0n) is 6.46. The van der Waals surface area contributed by atoms with Crippen molar-refractivity contribution >= 4 is 11.8 Å². The molecule has 0 saturated carbocycles. The number of rotatable bonds is 5. The highest BCUT2D eigenvalue weighted by molar-refractivity contribution is 8.00. The van der Waals surface area contributed by atoms with Crippen molar-refractivity contribution in [2.45, 2.75) is 19.1 Å². The minimum Gasteiger partial charge on any atom is -0.381 e. The molecule has 10 heavy (non-hydrogen) atoms. The van der Waals surface area contributed by atoms with E-state index in [4.69, 9.17) is 10.00 Å². The van der Waals surface area contributed by atoms with Gasteiger partial charge in [-0.15, -0.1) is 11.8 Å². The fraction of sp³-hybridized carbons (Fsp3) is 0.857. The van der Waals surface area contributed by atoms with E-state index in [-0.39, 0.29) is 5.25 Å². The summed E-state index contributed by atoms with van der Waals surface area (Å²) >= 11 is 1.63. The summed E-state index contributed by atoms with van der Waals surface area (Å²) in [6.45, 7) is 5.39. The molecule has 2 nitrogen and oxygen atoms in total. The van der Waals surface area contributed by atoms with Gasteiger partial charge in [0.15, 0.2) is 0 Å². The summed E-state index contributed by atoms with van der Waals surface area (Å²) in [7, 11) is 0. The maximum Gasteiger partial charge on any atom is 0.0889 e. The molecule has 0 bridgehead atoms. The highest BCUT2D eigenvalue weighted by atomic mass is 32.2. The van der Waals surface area contributed by atoms with Gasteiger partial charge >= 0.3 is 0 Å². The number of ether oxygens (including phenoxy) is 1. The molecule has 0 N–H and O–H groups in total. The maximum atomic E-state index is 8.38. The van der Waals surface area contributed by atoms with Gasteiger partial charge < -0.3 is 4.74 Å². The first-order chi connectivity index (χ1) is 4.81. The van der Waals surface area contributed by atoms with E-state index in [0.717, 1.165) is 19.0 Å². The highest BCUT2D eigenvalue weighted by Crippen LogP contribution is 2.07. The van der Waals surface area contributed by atoms with E-state index in [0.29, 0.717) is 0 Å². The van der Waals surface area contributed by atoms with Crippen LogP contribution in [-0.2, 0) is 4.74 Å². The minimum atomic E-state index is 0.0976. The number of nitriles is 1. The highest BCUT2D eigenvalue weighted by Gasteiger charge is 1.97. The third-order valence-corrected chi connectivity index (χ3v) is 1.99. The first kappa shape index (κ1) is 9.80. The van der Waals surface area contributed by atoms with Gasteiger partial charge in [0.1, 0.15) is 0 Å². The van der Waals surface area contributed by atoms with Crippen molar-refractivity contribution in [3.05, 3.63) is 0 Å². The molecule has 0 amide bonds. The Kier molecular flexibility index (Phi) is 6.78. The SMILES string of the molecule is CCOCCSC(C)C#N. The summed E-state index contributed by atoms with van der Waals surface area (Å²) in [6, 6.07) is 2.15. The fourth-order valence-corrected chi connectivity index (χ4v) is 1.11. The molecule has 0 aliphatic carbocycles. The van der Waals surface area contributed by atoms with Crippen LogP contribution in [0.5, 0.6) is 0 Å². The van der Waals surface area contributed by atoms with E-state index in [1.807, 2.05) is 13.8 Å². The van der Waals surface area contributed by atoms with Crippen molar-refractivity contribution < 1.29 is 4.74 Å². The van der Waals surface area contributed by atoms with Crippen LogP contribution in [0.25, 0.3) is 0 Å². The van der Waals surface area contributed by atoms with Crippen LogP contribution < -0.4 is 0 Å². The summed E-state index contributed by atoms with van der Waals surface area (Å²) in [5.74, 6) is 0.919. The number of hydrogen-bond donors (Lipinski definition) is 0. The van der Waals surface area contributed by atoms with Gasteiger partial charge in [-0.2, -0.15) is 5.26 Å². The van der Waals surface area contributed by atoms with Crippen molar-refractivity contribution in [1.82, 2.24) is 0 Å². The zero-order valence-corrected chi connectivity index (χ0v) is 7.28. The van der Waals surface area contributed by atoms with Crippen LogP contribution in [0, 0.1) is 11.3 Å². The van der Waals surface area contributed by atoms with Gasteiger partial charge in [0.05, 0.1) is 17.9 Å². The van der Waals surface area contributed by atoms with Gasteiger partial charge in [0.25, 0.3) is 0 Å². The molecule has 3 heteroatoms. The minimum absolute atomic E-state index is 0.0976. The Bertz CT molecular complexity index is 111. The molecule has 0 aromatic rings. The smallest absolute Gasteiger partial charge is 0.0889 e. The van der Waals surface area contributed by atoms with Crippen molar-refractivity contribution in [3.63, 3.8) is 0 Å². The van der Waals surface area contributed by atoms with Crippen LogP contribution in [0.15, 0.2) is 0 Å². The van der Waals surface area contributed by atoms with Gasteiger partial charge in [0.2, 0.25) is 0 Å². The quantitative estimate of drug-likeness (QED) is 0.572. The van der Waals surface area contributed by atoms with E-state index < -0.39 is 0 Å². The molecule has 1 unspecified atom stereocenters. The van der Waals surface area contributed by atoms with E-state index in [2.05, 4.69) is 6.07 Å². The molecule has 58 valence electrons. The van der Waals surface area contributed by atoms with Crippen LogP contribution in [0.2, 0.25) is 0 Å². The number of nitrogens with zero attached hydrogens (tertiary/aromatic N) is 1. The molecule has 0 heterocycles. The van der Waals surface area contributed by atoms with Crippen LogP contribution in [-0.4, -0.2) is 24.2 Å². The molecular weight excluding hydrogens is 146 g/mol. The Labute approximate surface area is 66.6 Å². The monoisotopic (exact) mass is 159 g/mol. The van der Waals surface area contributed by atoms with Crippen molar-refractivity contribution in [3.8, 4) is 6.07 Å². The Balaban J connectivity index is 2.98. The maximum absolute atomic E-state index is 8.38. The molecule has 0 aliphatic heterocycles. The standard InChI is InChI=1S/C7H13NOS/c1-3-9-4-5-10-7(2)6-8/h7H,3-5H2,1-2H3. The predicted octanol–water partition coefficient (Wildman–Crippen LogP) is 1.67. The molecule has 0 rings (SSSR count). The molecule has 0 fully saturated rings. The van der Waals surface area contributed by atoms with Crippen molar-refractivity contribution in [2.24, 2.45) is 0 Å². The van der Waals surface area contributed by atoms with Gasteiger partial charge in [-0.1, -0.05) is 0 Å². The lowest BCUT2D eigenvalue weighted by Crippen LogP contribution is -2.00. The van der Waals surface area contributed by atoms with Gasteiger partial charge in [-0.3, -0.25) is 0 Å². The average molecular weight is 159 g/mol. The lowest BCUT2D eigenvalue weighted by Gasteiger charge is -2.01. The third-order valence-electron chi connectivity index (χ3n) is 0.981. The summed E-state index contributed by atoms with van der Waals surface area (Å²) < 4.78 is 5.10. The molecule has 0 aliphatic rings. The fourth-order valence-electron chi connectivity index (χ4n) is 0.465. The van der Waals surface area contributed by atoms with Crippen molar-refractivity contribution in [2.75, 3.05) is 19.0 Å². The summed E-state index contributed by atoms with van der Waals surface area (Å²) in [4.78, 5) is 0. The first-order valence-electron chi connectivity index (χ1n) is 3.40. The Morgan fingerprint density at radius 2 is 2.40 bits per heavy atom. The molecule has 1 atom stereocenters. The molecule has 0 saturated heterocycles. The Hall–Kier alpha value is -0.200. The Morgan fingerprint density at radius 1 is 1.70 bits per heavy atom. The summed E-state index contributed by atoms with van der Waals surface area (Å²) in [6.07, 6.45) is 0. The number of hydrogen-bond acceptors (Lipinski definition) is 3. The van der Waals surface area contributed by atoms with E-state index >= 15 is 0 Å². The van der Waals surface area contributed by atoms with Crippen LogP contribution in [0.4, 0.5) is 0 Å². The van der Waals surface area contributed by atoms with Gasteiger partial charge in [-0.25, -0.2) is 0 Å². The first-order valence-corrected chi connectivity index (χ1v) is 4.45. The largest absolute Gasteiger partial charge is 0.381 e. The van der Waals surface area contributed by atoms with E-state index in [9.17, 15) is 0 Å². The predicted molar refractivity (Wildman–Crippen MR) is 44.0 cm³/mol. The Morgan fingerprint density at radius 3 is 2.90 bits per heavy atom. The van der Waals surface area contributed by atoms with E-state index in [1.165, 1.54) is 0 Å². The lowest BCUT2D eigenvalue weighted by molar-refractivity contribution is 0.164. The van der Waals surface area contributed by atoms with Crippen LogP contribution in [0.3, 0.4) is 0 Å². The summed E-state index contributed by atoms with van der Waals surface area (Å²) in [5, 5.41) is 8.48. The molecular formula is C7H13NOS. The van der Waals surface area contributed by atoms with Gasteiger partial charge in [-0.05, 0) is 13.8 Å². The topological polar surface area (TPSA) is 33.0 Å². The normalized spacial score (nSPS) is 12.5. The molecule has 0 radical (unpaired) electrons. The molecule has 0 aromatic heterocycles. The summed E-state index contributed by atoms with van der Waals surface area (Å²) in [5.41, 5.74) is 0. The zero-order chi connectivity index (χ0) is 7.82. The van der Waals surface area contributed by atoms with Crippen LogP contribution in [0.1, 0.15) is 13.8 Å².